The monoisotopic (exact) mass is 356 g/mol. The maximum Gasteiger partial charge on any atom is 0.338 e. The first-order chi connectivity index (χ1) is 11.8. The summed E-state index contributed by atoms with van der Waals surface area (Å²) >= 11 is 6.18. The average molecular weight is 357 g/mol. The summed E-state index contributed by atoms with van der Waals surface area (Å²) in [7, 11) is 0. The molecule has 0 amide bonds. The molecule has 5 heteroatoms. The van der Waals surface area contributed by atoms with Gasteiger partial charge in [-0.1, -0.05) is 43.0 Å². The van der Waals surface area contributed by atoms with Gasteiger partial charge in [0, 0.05) is 11.1 Å². The van der Waals surface area contributed by atoms with Gasteiger partial charge in [-0.25, -0.2) is 9.59 Å². The first-order valence-corrected chi connectivity index (χ1v) is 7.81. The maximum absolute atomic E-state index is 11.6. The Bertz CT molecular complexity index is 850. The lowest BCUT2D eigenvalue weighted by Crippen LogP contribution is -2.08. The SMILES string of the molecule is C=C(C)C(=O)Oc1ccc(-c2ccc(OC(=O)C(=C)C)c(Cl)c2)cc1. The number of halogens is 1. The van der Waals surface area contributed by atoms with E-state index in [1.165, 1.54) is 0 Å². The molecule has 0 heterocycles. The molecule has 4 nitrogen and oxygen atoms in total. The van der Waals surface area contributed by atoms with E-state index >= 15 is 0 Å². The molecular formula is C20H17ClO4. The Hall–Kier alpha value is -2.85. The second-order valence-corrected chi connectivity index (χ2v) is 5.92. The quantitative estimate of drug-likeness (QED) is 0.431. The molecule has 0 spiro atoms. The molecule has 0 N–H and O–H groups in total. The molecule has 0 aliphatic carbocycles. The van der Waals surface area contributed by atoms with E-state index in [9.17, 15) is 9.59 Å². The molecule has 2 rings (SSSR count). The summed E-state index contributed by atoms with van der Waals surface area (Å²) < 4.78 is 10.3. The van der Waals surface area contributed by atoms with Crippen LogP contribution in [-0.4, -0.2) is 11.9 Å². The second kappa shape index (κ2) is 7.81. The van der Waals surface area contributed by atoms with Crippen molar-refractivity contribution in [3.63, 3.8) is 0 Å². The van der Waals surface area contributed by atoms with Crippen LogP contribution >= 0.6 is 11.6 Å². The number of hydrogen-bond donors (Lipinski definition) is 0. The van der Waals surface area contributed by atoms with Crippen LogP contribution in [0.25, 0.3) is 11.1 Å². The summed E-state index contributed by atoms with van der Waals surface area (Å²) in [4.78, 5) is 23.1. The fourth-order valence-electron chi connectivity index (χ4n) is 1.86. The predicted molar refractivity (Wildman–Crippen MR) is 97.8 cm³/mol. The van der Waals surface area contributed by atoms with Crippen molar-refractivity contribution >= 4 is 23.5 Å². The Morgan fingerprint density at radius 2 is 1.36 bits per heavy atom. The van der Waals surface area contributed by atoms with Crippen molar-refractivity contribution in [2.75, 3.05) is 0 Å². The largest absolute Gasteiger partial charge is 0.423 e. The Labute approximate surface area is 151 Å². The van der Waals surface area contributed by atoms with E-state index in [1.54, 1.807) is 56.3 Å². The molecule has 25 heavy (non-hydrogen) atoms. The van der Waals surface area contributed by atoms with Gasteiger partial charge in [0.25, 0.3) is 0 Å². The smallest absolute Gasteiger partial charge is 0.338 e. The van der Waals surface area contributed by atoms with Crippen LogP contribution in [0, 0.1) is 0 Å². The van der Waals surface area contributed by atoms with Gasteiger partial charge in [-0.15, -0.1) is 0 Å². The van der Waals surface area contributed by atoms with Gasteiger partial charge in [0.15, 0.2) is 0 Å². The number of ether oxygens (including phenoxy) is 2. The highest BCUT2D eigenvalue weighted by atomic mass is 35.5. The van der Waals surface area contributed by atoms with E-state index in [2.05, 4.69) is 13.2 Å². The molecule has 0 aliphatic rings. The van der Waals surface area contributed by atoms with Gasteiger partial charge in [0.05, 0.1) is 5.02 Å². The van der Waals surface area contributed by atoms with Crippen LogP contribution in [0.5, 0.6) is 11.5 Å². The lowest BCUT2D eigenvalue weighted by atomic mass is 10.1. The normalized spacial score (nSPS) is 10.0. The number of benzene rings is 2. The number of rotatable bonds is 5. The van der Waals surface area contributed by atoms with Gasteiger partial charge >= 0.3 is 11.9 Å². The zero-order valence-corrected chi connectivity index (χ0v) is 14.7. The third-order valence-corrected chi connectivity index (χ3v) is 3.53. The van der Waals surface area contributed by atoms with Gasteiger partial charge in [-0.05, 0) is 49.2 Å². The zero-order chi connectivity index (χ0) is 18.6. The van der Waals surface area contributed by atoms with Crippen molar-refractivity contribution in [2.45, 2.75) is 13.8 Å². The van der Waals surface area contributed by atoms with Crippen LogP contribution in [-0.2, 0) is 9.59 Å². The van der Waals surface area contributed by atoms with Crippen molar-refractivity contribution in [1.29, 1.82) is 0 Å². The molecule has 0 aromatic heterocycles. The first kappa shape index (κ1) is 18.5. The third-order valence-electron chi connectivity index (χ3n) is 3.23. The van der Waals surface area contributed by atoms with Crippen molar-refractivity contribution in [2.24, 2.45) is 0 Å². The van der Waals surface area contributed by atoms with E-state index in [0.29, 0.717) is 21.9 Å². The minimum atomic E-state index is -0.529. The van der Waals surface area contributed by atoms with Crippen LogP contribution in [0.2, 0.25) is 5.02 Å². The molecule has 0 saturated heterocycles. The van der Waals surface area contributed by atoms with Gasteiger partial charge in [-0.2, -0.15) is 0 Å². The highest BCUT2D eigenvalue weighted by Crippen LogP contribution is 2.31. The first-order valence-electron chi connectivity index (χ1n) is 7.43. The summed E-state index contributed by atoms with van der Waals surface area (Å²) in [5.41, 5.74) is 2.32. The van der Waals surface area contributed by atoms with Crippen molar-refractivity contribution in [3.8, 4) is 22.6 Å². The Kier molecular flexibility index (Phi) is 5.78. The number of carbonyl (C=O) groups is 2. The molecule has 2 aromatic carbocycles. The molecule has 0 radical (unpaired) electrons. The van der Waals surface area contributed by atoms with Crippen molar-refractivity contribution < 1.29 is 19.1 Å². The number of hydrogen-bond acceptors (Lipinski definition) is 4. The molecule has 0 unspecified atom stereocenters. The summed E-state index contributed by atoms with van der Waals surface area (Å²) in [5, 5.41) is 0.310. The Morgan fingerprint density at radius 3 is 1.88 bits per heavy atom. The maximum atomic E-state index is 11.6. The molecule has 0 fully saturated rings. The van der Waals surface area contributed by atoms with Gasteiger partial charge in [-0.3, -0.25) is 0 Å². The molecule has 0 aliphatic heterocycles. The minimum Gasteiger partial charge on any atom is -0.423 e. The third kappa shape index (κ3) is 4.81. The molecule has 0 bridgehead atoms. The van der Waals surface area contributed by atoms with Crippen LogP contribution in [0.4, 0.5) is 0 Å². The standard InChI is InChI=1S/C20H17ClO4/c1-12(2)19(22)24-16-8-5-14(6-9-16)15-7-10-18(17(21)11-15)25-20(23)13(3)4/h5-11H,1,3H2,2,4H3. The fraction of sp³-hybridized carbons (Fsp3) is 0.100. The van der Waals surface area contributed by atoms with Crippen LogP contribution in [0.3, 0.4) is 0 Å². The van der Waals surface area contributed by atoms with Crippen molar-refractivity contribution in [1.82, 2.24) is 0 Å². The molecule has 2 aromatic rings. The van der Waals surface area contributed by atoms with Crippen LogP contribution < -0.4 is 9.47 Å². The summed E-state index contributed by atoms with van der Waals surface area (Å²) in [5.74, 6) is -0.307. The lowest BCUT2D eigenvalue weighted by molar-refractivity contribution is -0.130. The van der Waals surface area contributed by atoms with Crippen molar-refractivity contribution in [3.05, 3.63) is 71.8 Å². The van der Waals surface area contributed by atoms with E-state index in [0.717, 1.165) is 11.1 Å². The zero-order valence-electron chi connectivity index (χ0n) is 14.0. The molecule has 0 atom stereocenters. The van der Waals surface area contributed by atoms with E-state index in [4.69, 9.17) is 21.1 Å². The highest BCUT2D eigenvalue weighted by molar-refractivity contribution is 6.32. The number of esters is 2. The van der Waals surface area contributed by atoms with Gasteiger partial charge < -0.3 is 9.47 Å². The average Bonchev–Trinajstić information content (AvgIpc) is 2.57. The molecule has 0 saturated carbocycles. The summed E-state index contributed by atoms with van der Waals surface area (Å²) in [6, 6.07) is 12.0. The molecule has 128 valence electrons. The number of carbonyl (C=O) groups excluding carboxylic acids is 2. The Morgan fingerprint density at radius 1 is 0.840 bits per heavy atom. The highest BCUT2D eigenvalue weighted by Gasteiger charge is 2.11. The van der Waals surface area contributed by atoms with Crippen LogP contribution in [0.15, 0.2) is 66.8 Å². The summed E-state index contributed by atoms with van der Waals surface area (Å²) in [6.07, 6.45) is 0. The van der Waals surface area contributed by atoms with E-state index in [-0.39, 0.29) is 5.75 Å². The second-order valence-electron chi connectivity index (χ2n) is 5.51. The van der Waals surface area contributed by atoms with Crippen LogP contribution in [0.1, 0.15) is 13.8 Å². The lowest BCUT2D eigenvalue weighted by Gasteiger charge is -2.09. The van der Waals surface area contributed by atoms with E-state index in [1.807, 2.05) is 0 Å². The van der Waals surface area contributed by atoms with Gasteiger partial charge in [0.2, 0.25) is 0 Å². The van der Waals surface area contributed by atoms with E-state index < -0.39 is 11.9 Å². The topological polar surface area (TPSA) is 52.6 Å². The molecular weight excluding hydrogens is 340 g/mol. The fourth-order valence-corrected chi connectivity index (χ4v) is 2.08. The Balaban J connectivity index is 2.18. The predicted octanol–water partition coefficient (Wildman–Crippen LogP) is 4.97. The minimum absolute atomic E-state index is 0.269. The van der Waals surface area contributed by atoms with Gasteiger partial charge in [0.1, 0.15) is 11.5 Å². The summed E-state index contributed by atoms with van der Waals surface area (Å²) in [6.45, 7) is 10.2.